The summed E-state index contributed by atoms with van der Waals surface area (Å²) in [6.45, 7) is 2.89. The zero-order chi connectivity index (χ0) is 10.9. The van der Waals surface area contributed by atoms with Crippen molar-refractivity contribution in [2.75, 3.05) is 0 Å². The monoisotopic (exact) mass is 199 g/mol. The molecule has 0 atom stereocenters. The van der Waals surface area contributed by atoms with Crippen LogP contribution in [0.3, 0.4) is 0 Å². The molecule has 0 aliphatic carbocycles. The molecule has 0 heterocycles. The molecule has 4 heteroatoms. The quantitative estimate of drug-likeness (QED) is 0.739. The number of halogens is 2. The summed E-state index contributed by atoms with van der Waals surface area (Å²) in [5, 5.41) is 0. The van der Waals surface area contributed by atoms with Gasteiger partial charge in [-0.3, -0.25) is 4.79 Å². The number of carbonyl (C=O) groups is 1. The van der Waals surface area contributed by atoms with Gasteiger partial charge in [0.25, 0.3) is 0 Å². The number of rotatable bonds is 2. The Morgan fingerprint density at radius 2 is 1.93 bits per heavy atom. The minimum atomic E-state index is -1.20. The number of nitrogens with two attached hydrogens (primary N) is 1. The van der Waals surface area contributed by atoms with E-state index in [1.54, 1.807) is 0 Å². The molecular formula is C10H11F2NO. The van der Waals surface area contributed by atoms with Crippen molar-refractivity contribution in [1.82, 2.24) is 0 Å². The number of Topliss-reactive ketones (excluding diaryl/α,β-unsaturated/α-hetero) is 1. The molecule has 0 saturated carbocycles. The highest BCUT2D eigenvalue weighted by Crippen LogP contribution is 2.16. The Morgan fingerprint density at radius 3 is 2.43 bits per heavy atom. The predicted octanol–water partition coefficient (Wildman–Crippen LogP) is 1.88. The van der Waals surface area contributed by atoms with Gasteiger partial charge in [-0.15, -0.1) is 0 Å². The highest BCUT2D eigenvalue weighted by atomic mass is 19.2. The molecule has 2 nitrogen and oxygen atoms in total. The second-order valence-electron chi connectivity index (χ2n) is 3.65. The Labute approximate surface area is 80.7 Å². The van der Waals surface area contributed by atoms with Gasteiger partial charge in [0.2, 0.25) is 0 Å². The SMILES string of the molecule is CC(C)(N)C(=O)c1cccc(F)c1F. The van der Waals surface area contributed by atoms with E-state index in [2.05, 4.69) is 0 Å². The van der Waals surface area contributed by atoms with Crippen LogP contribution in [0.5, 0.6) is 0 Å². The minimum Gasteiger partial charge on any atom is -0.319 e. The Hall–Kier alpha value is -1.29. The molecule has 0 spiro atoms. The maximum Gasteiger partial charge on any atom is 0.185 e. The highest BCUT2D eigenvalue weighted by molar-refractivity contribution is 6.02. The Bertz CT molecular complexity index is 369. The zero-order valence-corrected chi connectivity index (χ0v) is 7.97. The summed E-state index contributed by atoms with van der Waals surface area (Å²) >= 11 is 0. The van der Waals surface area contributed by atoms with Crippen LogP contribution < -0.4 is 5.73 Å². The van der Waals surface area contributed by atoms with E-state index in [4.69, 9.17) is 5.73 Å². The van der Waals surface area contributed by atoms with Crippen LogP contribution in [-0.4, -0.2) is 11.3 Å². The van der Waals surface area contributed by atoms with Crippen molar-refractivity contribution in [2.45, 2.75) is 19.4 Å². The fraction of sp³-hybridized carbons (Fsp3) is 0.300. The van der Waals surface area contributed by atoms with Gasteiger partial charge in [-0.05, 0) is 26.0 Å². The molecule has 0 unspecified atom stereocenters. The molecule has 0 amide bonds. The summed E-state index contributed by atoms with van der Waals surface area (Å²) in [6, 6.07) is 3.45. The first-order valence-corrected chi connectivity index (χ1v) is 4.11. The zero-order valence-electron chi connectivity index (χ0n) is 7.97. The summed E-state index contributed by atoms with van der Waals surface area (Å²) in [5.41, 5.74) is 3.98. The second kappa shape index (κ2) is 3.46. The van der Waals surface area contributed by atoms with Crippen LogP contribution in [-0.2, 0) is 0 Å². The molecule has 1 rings (SSSR count). The van der Waals surface area contributed by atoms with Gasteiger partial charge in [0, 0.05) is 0 Å². The van der Waals surface area contributed by atoms with Gasteiger partial charge >= 0.3 is 0 Å². The first-order valence-electron chi connectivity index (χ1n) is 4.11. The largest absolute Gasteiger partial charge is 0.319 e. The molecule has 0 radical (unpaired) electrons. The number of carbonyl (C=O) groups excluding carboxylic acids is 1. The van der Waals surface area contributed by atoms with Crippen molar-refractivity contribution < 1.29 is 13.6 Å². The number of hydrogen-bond donors (Lipinski definition) is 1. The highest BCUT2D eigenvalue weighted by Gasteiger charge is 2.26. The number of hydrogen-bond acceptors (Lipinski definition) is 2. The van der Waals surface area contributed by atoms with Gasteiger partial charge < -0.3 is 5.73 Å². The molecular weight excluding hydrogens is 188 g/mol. The van der Waals surface area contributed by atoms with Gasteiger partial charge in [0.05, 0.1) is 11.1 Å². The van der Waals surface area contributed by atoms with E-state index in [-0.39, 0.29) is 5.56 Å². The molecule has 1 aromatic rings. The lowest BCUT2D eigenvalue weighted by atomic mass is 9.94. The second-order valence-corrected chi connectivity index (χ2v) is 3.65. The molecule has 0 bridgehead atoms. The van der Waals surface area contributed by atoms with Gasteiger partial charge in [0.1, 0.15) is 0 Å². The van der Waals surface area contributed by atoms with Crippen LogP contribution in [0.15, 0.2) is 18.2 Å². The first-order chi connectivity index (χ1) is 6.34. The topological polar surface area (TPSA) is 43.1 Å². The van der Waals surface area contributed by atoms with E-state index in [0.29, 0.717) is 0 Å². The fourth-order valence-corrected chi connectivity index (χ4v) is 1.03. The van der Waals surface area contributed by atoms with Crippen molar-refractivity contribution in [3.8, 4) is 0 Å². The van der Waals surface area contributed by atoms with E-state index in [1.807, 2.05) is 0 Å². The van der Waals surface area contributed by atoms with Crippen molar-refractivity contribution in [2.24, 2.45) is 5.73 Å². The molecule has 0 aliphatic heterocycles. The van der Waals surface area contributed by atoms with Crippen molar-refractivity contribution >= 4 is 5.78 Å². The van der Waals surface area contributed by atoms with E-state index >= 15 is 0 Å². The van der Waals surface area contributed by atoms with Crippen LogP contribution >= 0.6 is 0 Å². The number of benzene rings is 1. The fourth-order valence-electron chi connectivity index (χ4n) is 1.03. The van der Waals surface area contributed by atoms with Crippen LogP contribution in [0.2, 0.25) is 0 Å². The summed E-state index contributed by atoms with van der Waals surface area (Å²) in [7, 11) is 0. The third-order valence-electron chi connectivity index (χ3n) is 1.78. The van der Waals surface area contributed by atoms with E-state index in [0.717, 1.165) is 6.07 Å². The van der Waals surface area contributed by atoms with E-state index in [9.17, 15) is 13.6 Å². The third kappa shape index (κ3) is 1.96. The Morgan fingerprint density at radius 1 is 1.36 bits per heavy atom. The summed E-state index contributed by atoms with van der Waals surface area (Å²) < 4.78 is 25.9. The summed E-state index contributed by atoms with van der Waals surface area (Å²) in [4.78, 5) is 11.5. The molecule has 0 fully saturated rings. The van der Waals surface area contributed by atoms with Gasteiger partial charge in [-0.2, -0.15) is 0 Å². The maximum atomic E-state index is 13.1. The standard InChI is InChI=1S/C10H11F2NO/c1-10(2,13)9(14)6-4-3-5-7(11)8(6)12/h3-5H,13H2,1-2H3. The summed E-state index contributed by atoms with van der Waals surface area (Å²) in [5.74, 6) is -2.80. The van der Waals surface area contributed by atoms with Gasteiger partial charge in [-0.1, -0.05) is 6.07 Å². The maximum absolute atomic E-state index is 13.1. The lowest BCUT2D eigenvalue weighted by Crippen LogP contribution is -2.41. The van der Waals surface area contributed by atoms with Crippen molar-refractivity contribution in [1.29, 1.82) is 0 Å². The lowest BCUT2D eigenvalue weighted by molar-refractivity contribution is 0.0908. The van der Waals surface area contributed by atoms with Crippen LogP contribution in [0.1, 0.15) is 24.2 Å². The van der Waals surface area contributed by atoms with Crippen LogP contribution in [0.4, 0.5) is 8.78 Å². The smallest absolute Gasteiger partial charge is 0.185 e. The van der Waals surface area contributed by atoms with Gasteiger partial charge in [0.15, 0.2) is 17.4 Å². The molecule has 0 aromatic heterocycles. The molecule has 14 heavy (non-hydrogen) atoms. The summed E-state index contributed by atoms with van der Waals surface area (Å²) in [6.07, 6.45) is 0. The normalized spacial score (nSPS) is 11.5. The van der Waals surface area contributed by atoms with Gasteiger partial charge in [-0.25, -0.2) is 8.78 Å². The minimum absolute atomic E-state index is 0.308. The van der Waals surface area contributed by atoms with Crippen molar-refractivity contribution in [3.05, 3.63) is 35.4 Å². The van der Waals surface area contributed by atoms with E-state index < -0.39 is 23.0 Å². The molecule has 76 valence electrons. The van der Waals surface area contributed by atoms with Crippen LogP contribution in [0, 0.1) is 11.6 Å². The first kappa shape index (κ1) is 10.8. The van der Waals surface area contributed by atoms with Crippen LogP contribution in [0.25, 0.3) is 0 Å². The van der Waals surface area contributed by atoms with Crippen molar-refractivity contribution in [3.63, 3.8) is 0 Å². The molecule has 1 aromatic carbocycles. The Balaban J connectivity index is 3.21. The lowest BCUT2D eigenvalue weighted by Gasteiger charge is -2.16. The third-order valence-corrected chi connectivity index (χ3v) is 1.78. The molecule has 2 N–H and O–H groups in total. The number of ketones is 1. The predicted molar refractivity (Wildman–Crippen MR) is 49.0 cm³/mol. The molecule has 0 saturated heterocycles. The molecule has 0 aliphatic rings. The Kier molecular flexibility index (Phi) is 2.66. The van der Waals surface area contributed by atoms with E-state index in [1.165, 1.54) is 26.0 Å². The average molecular weight is 199 g/mol. The average Bonchev–Trinajstić information content (AvgIpc) is 2.07.